The number of fused-ring (bicyclic) bond motifs is 1. The minimum atomic E-state index is 0.318. The maximum Gasteiger partial charge on any atom is 0.126 e. The molecule has 0 unspecified atom stereocenters. The number of halogens is 1. The molecule has 0 aliphatic heterocycles. The van der Waals surface area contributed by atoms with E-state index in [1.807, 2.05) is 32.0 Å². The van der Waals surface area contributed by atoms with Gasteiger partial charge >= 0.3 is 0 Å². The van der Waals surface area contributed by atoms with Gasteiger partial charge in [-0.2, -0.15) is 0 Å². The van der Waals surface area contributed by atoms with Crippen molar-refractivity contribution in [1.29, 1.82) is 0 Å². The van der Waals surface area contributed by atoms with E-state index in [9.17, 15) is 5.11 Å². The molecule has 3 heteroatoms. The van der Waals surface area contributed by atoms with Gasteiger partial charge in [0.2, 0.25) is 0 Å². The monoisotopic (exact) mass is 265 g/mol. The second-order valence-electron chi connectivity index (χ2n) is 3.70. The van der Waals surface area contributed by atoms with Gasteiger partial charge in [0.15, 0.2) is 0 Å². The van der Waals surface area contributed by atoms with Gasteiger partial charge in [-0.25, -0.2) is 0 Å². The number of benzene rings is 2. The van der Waals surface area contributed by atoms with E-state index in [-0.39, 0.29) is 0 Å². The molecule has 78 valence electrons. The van der Waals surface area contributed by atoms with Crippen LogP contribution in [0.3, 0.4) is 0 Å². The van der Waals surface area contributed by atoms with Crippen molar-refractivity contribution in [2.75, 3.05) is 5.73 Å². The Morgan fingerprint density at radius 2 is 1.80 bits per heavy atom. The van der Waals surface area contributed by atoms with Gasteiger partial charge in [-0.3, -0.25) is 0 Å². The van der Waals surface area contributed by atoms with Gasteiger partial charge < -0.3 is 10.8 Å². The molecular weight excluding hydrogens is 254 g/mol. The molecule has 0 heterocycles. The Balaban J connectivity index is 3.00. The lowest BCUT2D eigenvalue weighted by Crippen LogP contribution is -1.95. The van der Waals surface area contributed by atoms with Crippen LogP contribution in [0.2, 0.25) is 0 Å². The molecule has 0 saturated heterocycles. The topological polar surface area (TPSA) is 46.2 Å². The Labute approximate surface area is 96.8 Å². The van der Waals surface area contributed by atoms with Crippen molar-refractivity contribution in [2.45, 2.75) is 13.8 Å². The average Bonchev–Trinajstić information content (AvgIpc) is 2.23. The number of nitrogen functional groups attached to an aromatic ring is 1. The highest BCUT2D eigenvalue weighted by Gasteiger charge is 2.11. The Kier molecular flexibility index (Phi) is 2.35. The van der Waals surface area contributed by atoms with Crippen LogP contribution in [0, 0.1) is 13.8 Å². The predicted molar refractivity (Wildman–Crippen MR) is 67.2 cm³/mol. The van der Waals surface area contributed by atoms with Crippen molar-refractivity contribution in [3.63, 3.8) is 0 Å². The lowest BCUT2D eigenvalue weighted by molar-refractivity contribution is 0.477. The summed E-state index contributed by atoms with van der Waals surface area (Å²) in [5.74, 6) is 0.318. The molecule has 0 radical (unpaired) electrons. The molecule has 2 aromatic rings. The quantitative estimate of drug-likeness (QED) is 0.566. The molecule has 2 rings (SSSR count). The van der Waals surface area contributed by atoms with Crippen LogP contribution in [-0.4, -0.2) is 5.11 Å². The largest absolute Gasteiger partial charge is 0.507 e. The molecule has 0 atom stereocenters. The van der Waals surface area contributed by atoms with Crippen molar-refractivity contribution in [3.05, 3.63) is 33.8 Å². The smallest absolute Gasteiger partial charge is 0.126 e. The van der Waals surface area contributed by atoms with Crippen LogP contribution in [0.5, 0.6) is 5.75 Å². The summed E-state index contributed by atoms with van der Waals surface area (Å²) in [6.07, 6.45) is 0. The number of hydrogen-bond donors (Lipinski definition) is 2. The van der Waals surface area contributed by atoms with Crippen molar-refractivity contribution in [3.8, 4) is 5.75 Å². The molecule has 0 saturated carbocycles. The first-order valence-electron chi connectivity index (χ1n) is 4.69. The van der Waals surface area contributed by atoms with E-state index in [0.29, 0.717) is 5.75 Å². The van der Waals surface area contributed by atoms with E-state index in [2.05, 4.69) is 15.9 Å². The SMILES string of the molecule is Cc1c(C)c(O)c2cc(Br)ccc2c1N. The second-order valence-corrected chi connectivity index (χ2v) is 4.62. The molecular formula is C12H12BrNO. The Hall–Kier alpha value is -1.22. The van der Waals surface area contributed by atoms with Gasteiger partial charge in [0.05, 0.1) is 0 Å². The number of phenols is 1. The summed E-state index contributed by atoms with van der Waals surface area (Å²) in [7, 11) is 0. The second kappa shape index (κ2) is 3.42. The van der Waals surface area contributed by atoms with Crippen molar-refractivity contribution in [2.24, 2.45) is 0 Å². The first-order chi connectivity index (χ1) is 7.02. The van der Waals surface area contributed by atoms with Crippen LogP contribution >= 0.6 is 15.9 Å². The molecule has 2 nitrogen and oxygen atoms in total. The van der Waals surface area contributed by atoms with Gasteiger partial charge in [-0.15, -0.1) is 0 Å². The maximum atomic E-state index is 10.0. The lowest BCUT2D eigenvalue weighted by Gasteiger charge is -2.12. The Morgan fingerprint density at radius 1 is 1.13 bits per heavy atom. The maximum absolute atomic E-state index is 10.0. The van der Waals surface area contributed by atoms with Gasteiger partial charge in [0.1, 0.15) is 5.75 Å². The zero-order valence-corrected chi connectivity index (χ0v) is 10.2. The minimum Gasteiger partial charge on any atom is -0.507 e. The van der Waals surface area contributed by atoms with Gasteiger partial charge in [0.25, 0.3) is 0 Å². The third-order valence-corrected chi connectivity index (χ3v) is 3.34. The van der Waals surface area contributed by atoms with E-state index in [0.717, 1.165) is 32.1 Å². The summed E-state index contributed by atoms with van der Waals surface area (Å²) in [5.41, 5.74) is 8.55. The van der Waals surface area contributed by atoms with Crippen LogP contribution in [0.4, 0.5) is 5.69 Å². The van der Waals surface area contributed by atoms with Crippen LogP contribution in [-0.2, 0) is 0 Å². The highest BCUT2D eigenvalue weighted by molar-refractivity contribution is 9.10. The Bertz CT molecular complexity index is 549. The Morgan fingerprint density at radius 3 is 2.47 bits per heavy atom. The molecule has 0 amide bonds. The number of anilines is 1. The summed E-state index contributed by atoms with van der Waals surface area (Å²) in [5, 5.41) is 11.7. The molecule has 2 aromatic carbocycles. The molecule has 15 heavy (non-hydrogen) atoms. The van der Waals surface area contributed by atoms with E-state index in [1.165, 1.54) is 0 Å². The molecule has 0 aliphatic carbocycles. The number of nitrogens with two attached hydrogens (primary N) is 1. The fraction of sp³-hybridized carbons (Fsp3) is 0.167. The van der Waals surface area contributed by atoms with E-state index in [4.69, 9.17) is 5.73 Å². The zero-order valence-electron chi connectivity index (χ0n) is 8.63. The van der Waals surface area contributed by atoms with Crippen molar-refractivity contribution >= 4 is 32.4 Å². The minimum absolute atomic E-state index is 0.318. The zero-order chi connectivity index (χ0) is 11.2. The van der Waals surface area contributed by atoms with Crippen molar-refractivity contribution in [1.82, 2.24) is 0 Å². The summed E-state index contributed by atoms with van der Waals surface area (Å²) in [6, 6.07) is 5.72. The lowest BCUT2D eigenvalue weighted by atomic mass is 9.99. The van der Waals surface area contributed by atoms with Crippen molar-refractivity contribution < 1.29 is 5.11 Å². The predicted octanol–water partition coefficient (Wildman–Crippen LogP) is 3.51. The summed E-state index contributed by atoms with van der Waals surface area (Å²) >= 11 is 3.38. The average molecular weight is 266 g/mol. The van der Waals surface area contributed by atoms with Gasteiger partial charge in [-0.05, 0) is 37.1 Å². The summed E-state index contributed by atoms with van der Waals surface area (Å²) in [4.78, 5) is 0. The molecule has 0 fully saturated rings. The van der Waals surface area contributed by atoms with E-state index >= 15 is 0 Å². The number of hydrogen-bond acceptors (Lipinski definition) is 2. The van der Waals surface area contributed by atoms with E-state index in [1.54, 1.807) is 0 Å². The highest BCUT2D eigenvalue weighted by Crippen LogP contribution is 2.37. The summed E-state index contributed by atoms with van der Waals surface area (Å²) in [6.45, 7) is 3.80. The standard InChI is InChI=1S/C12H12BrNO/c1-6-7(2)12(15)10-5-8(13)3-4-9(10)11(6)14/h3-5,15H,14H2,1-2H3. The third kappa shape index (κ3) is 1.47. The first-order valence-corrected chi connectivity index (χ1v) is 5.48. The van der Waals surface area contributed by atoms with Gasteiger partial charge in [-0.1, -0.05) is 22.0 Å². The fourth-order valence-corrected chi connectivity index (χ4v) is 2.09. The summed E-state index contributed by atoms with van der Waals surface area (Å²) < 4.78 is 0.938. The normalized spacial score (nSPS) is 10.9. The first kappa shape index (κ1) is 10.3. The number of aromatic hydroxyl groups is 1. The van der Waals surface area contributed by atoms with Crippen LogP contribution in [0.25, 0.3) is 10.8 Å². The van der Waals surface area contributed by atoms with E-state index < -0.39 is 0 Å². The highest BCUT2D eigenvalue weighted by atomic mass is 79.9. The van der Waals surface area contributed by atoms with Crippen LogP contribution < -0.4 is 5.73 Å². The molecule has 0 bridgehead atoms. The van der Waals surface area contributed by atoms with Crippen LogP contribution in [0.15, 0.2) is 22.7 Å². The fourth-order valence-electron chi connectivity index (χ4n) is 1.73. The number of rotatable bonds is 0. The molecule has 0 aromatic heterocycles. The third-order valence-electron chi connectivity index (χ3n) is 2.85. The molecule has 3 N–H and O–H groups in total. The van der Waals surface area contributed by atoms with Crippen LogP contribution in [0.1, 0.15) is 11.1 Å². The molecule has 0 aliphatic rings. The molecule has 0 spiro atoms. The number of phenolic OH excluding ortho intramolecular Hbond substituents is 1. The van der Waals surface area contributed by atoms with Gasteiger partial charge in [0, 0.05) is 20.9 Å².